The van der Waals surface area contributed by atoms with E-state index in [-0.39, 0.29) is 18.8 Å². The van der Waals surface area contributed by atoms with Gasteiger partial charge in [0.2, 0.25) is 0 Å². The molecule has 0 heterocycles. The Labute approximate surface area is 168 Å². The van der Waals surface area contributed by atoms with Crippen LogP contribution in [-0.2, 0) is 24.4 Å². The van der Waals surface area contributed by atoms with Crippen molar-refractivity contribution >= 4 is 0 Å². The number of hydrogen-bond acceptors (Lipinski definition) is 3. The van der Waals surface area contributed by atoms with Crippen LogP contribution in [0, 0.1) is 0 Å². The van der Waals surface area contributed by atoms with Crippen LogP contribution in [0.15, 0.2) is 91.0 Å². The van der Waals surface area contributed by atoms with Gasteiger partial charge in [-0.2, -0.15) is 0 Å². The van der Waals surface area contributed by atoms with E-state index in [2.05, 4.69) is 65.6 Å². The molecule has 0 saturated carbocycles. The molecule has 3 heteroatoms. The fourth-order valence-electron chi connectivity index (χ4n) is 3.40. The van der Waals surface area contributed by atoms with E-state index in [1.54, 1.807) is 0 Å². The van der Waals surface area contributed by atoms with Crippen molar-refractivity contribution in [1.82, 2.24) is 4.90 Å². The van der Waals surface area contributed by atoms with Crippen LogP contribution in [0.5, 0.6) is 0 Å². The molecule has 0 fully saturated rings. The van der Waals surface area contributed by atoms with E-state index in [4.69, 9.17) is 4.74 Å². The van der Waals surface area contributed by atoms with E-state index in [1.807, 2.05) is 37.3 Å². The van der Waals surface area contributed by atoms with Crippen molar-refractivity contribution in [2.24, 2.45) is 0 Å². The van der Waals surface area contributed by atoms with Gasteiger partial charge in [-0.3, -0.25) is 4.90 Å². The number of hydrogen-bond donors (Lipinski definition) is 1. The lowest BCUT2D eigenvalue weighted by atomic mass is 10.1. The molecule has 0 unspecified atom stereocenters. The quantitative estimate of drug-likeness (QED) is 0.560. The molecular formula is C25H29NO2. The highest BCUT2D eigenvalue weighted by Crippen LogP contribution is 2.18. The molecule has 3 aromatic carbocycles. The molecule has 0 aliphatic rings. The minimum Gasteiger partial charge on any atom is -0.395 e. The molecule has 0 amide bonds. The Hall–Kier alpha value is -2.46. The SMILES string of the molecule is C[C@@H](OCc1ccccc1)[C@@H](CO)N(Cc1ccccc1)Cc1ccccc1. The summed E-state index contributed by atoms with van der Waals surface area (Å²) in [6, 6.07) is 30.9. The first-order chi connectivity index (χ1) is 13.8. The zero-order valence-electron chi connectivity index (χ0n) is 16.4. The van der Waals surface area contributed by atoms with E-state index >= 15 is 0 Å². The van der Waals surface area contributed by atoms with Crippen LogP contribution in [0.25, 0.3) is 0 Å². The highest BCUT2D eigenvalue weighted by molar-refractivity contribution is 5.18. The molecule has 0 saturated heterocycles. The van der Waals surface area contributed by atoms with Crippen molar-refractivity contribution in [2.75, 3.05) is 6.61 Å². The predicted octanol–water partition coefficient (Wildman–Crippen LogP) is 4.66. The standard InChI is InChI=1S/C25H29NO2/c1-21(28-20-24-15-9-4-10-16-24)25(19-27)26(17-22-11-5-2-6-12-22)18-23-13-7-3-8-14-23/h2-16,21,25,27H,17-20H2,1H3/t21-,25-/m1/s1. The van der Waals surface area contributed by atoms with Crippen LogP contribution in [0.3, 0.4) is 0 Å². The predicted molar refractivity (Wildman–Crippen MR) is 114 cm³/mol. The molecule has 0 radical (unpaired) electrons. The lowest BCUT2D eigenvalue weighted by molar-refractivity contribution is -0.0378. The number of benzene rings is 3. The zero-order chi connectivity index (χ0) is 19.6. The maximum absolute atomic E-state index is 10.2. The summed E-state index contributed by atoms with van der Waals surface area (Å²) in [5.74, 6) is 0. The summed E-state index contributed by atoms with van der Waals surface area (Å²) < 4.78 is 6.14. The Morgan fingerprint density at radius 2 is 1.14 bits per heavy atom. The fourth-order valence-corrected chi connectivity index (χ4v) is 3.40. The summed E-state index contributed by atoms with van der Waals surface area (Å²) in [4.78, 5) is 2.31. The molecule has 0 bridgehead atoms. The van der Waals surface area contributed by atoms with Crippen LogP contribution >= 0.6 is 0 Å². The Balaban J connectivity index is 1.73. The second kappa shape index (κ2) is 10.8. The van der Waals surface area contributed by atoms with Crippen molar-refractivity contribution in [3.05, 3.63) is 108 Å². The average molecular weight is 376 g/mol. The molecule has 0 aromatic heterocycles. The summed E-state index contributed by atoms with van der Waals surface area (Å²) >= 11 is 0. The zero-order valence-corrected chi connectivity index (χ0v) is 16.4. The maximum Gasteiger partial charge on any atom is 0.0729 e. The van der Waals surface area contributed by atoms with Gasteiger partial charge in [0.25, 0.3) is 0 Å². The van der Waals surface area contributed by atoms with Crippen LogP contribution in [0.4, 0.5) is 0 Å². The normalized spacial score (nSPS) is 13.4. The van der Waals surface area contributed by atoms with Gasteiger partial charge in [-0.25, -0.2) is 0 Å². The molecule has 28 heavy (non-hydrogen) atoms. The summed E-state index contributed by atoms with van der Waals surface area (Å²) in [5, 5.41) is 10.2. The van der Waals surface area contributed by atoms with Crippen LogP contribution in [0.2, 0.25) is 0 Å². The van der Waals surface area contributed by atoms with Crippen LogP contribution < -0.4 is 0 Å². The molecule has 3 nitrogen and oxygen atoms in total. The Bertz CT molecular complexity index is 751. The first-order valence-electron chi connectivity index (χ1n) is 9.84. The fraction of sp³-hybridized carbons (Fsp3) is 0.280. The van der Waals surface area contributed by atoms with Gasteiger partial charge >= 0.3 is 0 Å². The van der Waals surface area contributed by atoms with Crippen molar-refractivity contribution in [3.63, 3.8) is 0 Å². The van der Waals surface area contributed by atoms with Crippen molar-refractivity contribution in [2.45, 2.75) is 38.8 Å². The molecule has 0 aliphatic heterocycles. The third kappa shape index (κ3) is 6.03. The largest absolute Gasteiger partial charge is 0.395 e. The van der Waals surface area contributed by atoms with Gasteiger partial charge in [0, 0.05) is 13.1 Å². The summed E-state index contributed by atoms with van der Waals surface area (Å²) in [7, 11) is 0. The van der Waals surface area contributed by atoms with E-state index < -0.39 is 0 Å². The summed E-state index contributed by atoms with van der Waals surface area (Å²) in [5.41, 5.74) is 3.60. The molecule has 3 rings (SSSR count). The highest BCUT2D eigenvalue weighted by atomic mass is 16.5. The second-order valence-electron chi connectivity index (χ2n) is 7.13. The summed E-state index contributed by atoms with van der Waals surface area (Å²) in [6.45, 7) is 4.17. The van der Waals surface area contributed by atoms with Crippen LogP contribution in [-0.4, -0.2) is 28.8 Å². The Kier molecular flexibility index (Phi) is 7.80. The van der Waals surface area contributed by atoms with Gasteiger partial charge in [0.1, 0.15) is 0 Å². The van der Waals surface area contributed by atoms with Crippen LogP contribution in [0.1, 0.15) is 23.6 Å². The van der Waals surface area contributed by atoms with Crippen molar-refractivity contribution < 1.29 is 9.84 Å². The number of nitrogens with zero attached hydrogens (tertiary/aromatic N) is 1. The number of rotatable bonds is 10. The molecule has 2 atom stereocenters. The van der Waals surface area contributed by atoms with Gasteiger partial charge in [-0.15, -0.1) is 0 Å². The molecule has 0 spiro atoms. The number of aliphatic hydroxyl groups excluding tert-OH is 1. The minimum atomic E-state index is -0.0994. The first-order valence-corrected chi connectivity index (χ1v) is 9.84. The number of aliphatic hydroxyl groups is 1. The van der Waals surface area contributed by atoms with Gasteiger partial charge in [-0.05, 0) is 23.6 Å². The topological polar surface area (TPSA) is 32.7 Å². The third-order valence-electron chi connectivity index (χ3n) is 5.01. The lowest BCUT2D eigenvalue weighted by Gasteiger charge is -2.34. The summed E-state index contributed by atoms with van der Waals surface area (Å²) in [6.07, 6.45) is -0.0994. The second-order valence-corrected chi connectivity index (χ2v) is 7.13. The Morgan fingerprint density at radius 1 is 0.714 bits per heavy atom. The van der Waals surface area contributed by atoms with E-state index in [0.717, 1.165) is 18.7 Å². The maximum atomic E-state index is 10.2. The monoisotopic (exact) mass is 375 g/mol. The minimum absolute atomic E-state index is 0.0512. The molecule has 0 aliphatic carbocycles. The third-order valence-corrected chi connectivity index (χ3v) is 5.01. The number of ether oxygens (including phenoxy) is 1. The molecule has 3 aromatic rings. The smallest absolute Gasteiger partial charge is 0.0729 e. The van der Waals surface area contributed by atoms with Gasteiger partial charge in [-0.1, -0.05) is 91.0 Å². The Morgan fingerprint density at radius 3 is 1.57 bits per heavy atom. The van der Waals surface area contributed by atoms with Gasteiger partial charge in [0.15, 0.2) is 0 Å². The van der Waals surface area contributed by atoms with Gasteiger partial charge in [0.05, 0.1) is 25.4 Å². The van der Waals surface area contributed by atoms with Crippen molar-refractivity contribution in [3.8, 4) is 0 Å². The van der Waals surface area contributed by atoms with Crippen molar-refractivity contribution in [1.29, 1.82) is 0 Å². The van der Waals surface area contributed by atoms with Gasteiger partial charge < -0.3 is 9.84 Å². The van der Waals surface area contributed by atoms with E-state index in [1.165, 1.54) is 11.1 Å². The van der Waals surface area contributed by atoms with E-state index in [0.29, 0.717) is 6.61 Å². The highest BCUT2D eigenvalue weighted by Gasteiger charge is 2.25. The molecular weight excluding hydrogens is 346 g/mol. The molecule has 1 N–H and O–H groups in total. The lowest BCUT2D eigenvalue weighted by Crippen LogP contribution is -2.45. The average Bonchev–Trinajstić information content (AvgIpc) is 2.75. The van der Waals surface area contributed by atoms with E-state index in [9.17, 15) is 5.11 Å². The molecule has 146 valence electrons. The first kappa shape index (κ1) is 20.3.